The summed E-state index contributed by atoms with van der Waals surface area (Å²) >= 11 is 1.56. The molecule has 0 unspecified atom stereocenters. The van der Waals surface area contributed by atoms with E-state index in [1.807, 2.05) is 12.1 Å². The third-order valence-corrected chi connectivity index (χ3v) is 7.88. The number of nitrogens with zero attached hydrogens (tertiary/aromatic N) is 4. The maximum absolute atomic E-state index is 12.7. The quantitative estimate of drug-likeness (QED) is 0.696. The molecule has 7 rings (SSSR count). The summed E-state index contributed by atoms with van der Waals surface area (Å²) in [6, 6.07) is 7.35. The second-order valence-corrected chi connectivity index (χ2v) is 9.93. The Kier molecular flexibility index (Phi) is 3.88. The highest BCUT2D eigenvalue weighted by atomic mass is 32.1. The summed E-state index contributed by atoms with van der Waals surface area (Å²) in [5.74, 6) is 2.56. The molecule has 4 fully saturated rings. The first-order valence-corrected chi connectivity index (χ1v) is 11.3. The minimum atomic E-state index is -0.124. The second-order valence-electron chi connectivity index (χ2n) is 9.08. The molecule has 4 aliphatic carbocycles. The normalized spacial score (nSPS) is 29.9. The van der Waals surface area contributed by atoms with Gasteiger partial charge < -0.3 is 0 Å². The number of carbonyl (C=O) groups excluding carboxylic acids is 1. The van der Waals surface area contributed by atoms with Gasteiger partial charge in [-0.05, 0) is 80.5 Å². The number of benzene rings is 1. The SMILES string of the molecule is O=C(Nc1nc(C23CC4CC(CC(C4)C2)C3)cs1)c1ccc(-n2cncn2)cc1. The van der Waals surface area contributed by atoms with Crippen LogP contribution in [0.15, 0.2) is 42.3 Å². The van der Waals surface area contributed by atoms with Crippen LogP contribution in [0.5, 0.6) is 0 Å². The van der Waals surface area contributed by atoms with Crippen LogP contribution in [0.4, 0.5) is 5.13 Å². The molecule has 1 aromatic carbocycles. The van der Waals surface area contributed by atoms with Crippen LogP contribution in [0.2, 0.25) is 0 Å². The lowest BCUT2D eigenvalue weighted by Crippen LogP contribution is -2.48. The van der Waals surface area contributed by atoms with E-state index in [-0.39, 0.29) is 11.3 Å². The molecule has 1 N–H and O–H groups in total. The van der Waals surface area contributed by atoms with Gasteiger partial charge in [-0.1, -0.05) is 0 Å². The Morgan fingerprint density at radius 3 is 2.38 bits per heavy atom. The minimum absolute atomic E-state index is 0.124. The fourth-order valence-corrected chi connectivity index (χ4v) is 7.10. The summed E-state index contributed by atoms with van der Waals surface area (Å²) in [7, 11) is 0. The Balaban J connectivity index is 1.18. The van der Waals surface area contributed by atoms with Gasteiger partial charge in [-0.25, -0.2) is 14.6 Å². The zero-order valence-electron chi connectivity index (χ0n) is 16.1. The van der Waals surface area contributed by atoms with Crippen molar-refractivity contribution in [2.45, 2.75) is 43.9 Å². The largest absolute Gasteiger partial charge is 0.298 e. The van der Waals surface area contributed by atoms with Crippen LogP contribution < -0.4 is 5.32 Å². The van der Waals surface area contributed by atoms with E-state index in [2.05, 4.69) is 20.8 Å². The van der Waals surface area contributed by atoms with E-state index >= 15 is 0 Å². The summed E-state index contributed by atoms with van der Waals surface area (Å²) in [5, 5.41) is 10.0. The number of amides is 1. The summed E-state index contributed by atoms with van der Waals surface area (Å²) < 4.78 is 1.67. The number of carbonyl (C=O) groups is 1. The van der Waals surface area contributed by atoms with Gasteiger partial charge in [-0.2, -0.15) is 5.10 Å². The van der Waals surface area contributed by atoms with Crippen molar-refractivity contribution in [2.75, 3.05) is 5.32 Å². The minimum Gasteiger partial charge on any atom is -0.298 e. The Morgan fingerprint density at radius 2 is 1.76 bits per heavy atom. The van der Waals surface area contributed by atoms with Crippen LogP contribution in [0, 0.1) is 17.8 Å². The highest BCUT2D eigenvalue weighted by Crippen LogP contribution is 2.60. The molecule has 3 aromatic rings. The van der Waals surface area contributed by atoms with E-state index < -0.39 is 0 Å². The monoisotopic (exact) mass is 405 g/mol. The fourth-order valence-electron chi connectivity index (χ4n) is 6.28. The lowest BCUT2D eigenvalue weighted by atomic mass is 9.49. The standard InChI is InChI=1S/C22H23N5OS/c28-20(17-1-3-18(4-2-17)27-13-23-12-24-27)26-21-25-19(11-29-21)22-8-14-5-15(9-22)7-16(6-14)10-22/h1-4,11-16H,5-10H2,(H,25,26,28). The van der Waals surface area contributed by atoms with Crippen molar-refractivity contribution in [3.8, 4) is 5.69 Å². The lowest BCUT2D eigenvalue weighted by Gasteiger charge is -2.56. The summed E-state index contributed by atoms with van der Waals surface area (Å²) in [6.45, 7) is 0. The van der Waals surface area contributed by atoms with Crippen molar-refractivity contribution < 1.29 is 4.79 Å². The Hall–Kier alpha value is -2.54. The molecule has 4 aliphatic rings. The molecule has 148 valence electrons. The van der Waals surface area contributed by atoms with Gasteiger partial charge in [0.15, 0.2) is 5.13 Å². The molecule has 2 heterocycles. The molecule has 6 nitrogen and oxygen atoms in total. The van der Waals surface area contributed by atoms with E-state index in [0.29, 0.717) is 10.7 Å². The third kappa shape index (κ3) is 2.99. The van der Waals surface area contributed by atoms with Crippen molar-refractivity contribution in [1.82, 2.24) is 19.7 Å². The maximum Gasteiger partial charge on any atom is 0.257 e. The van der Waals surface area contributed by atoms with E-state index in [9.17, 15) is 4.79 Å². The van der Waals surface area contributed by atoms with Gasteiger partial charge >= 0.3 is 0 Å². The van der Waals surface area contributed by atoms with Crippen molar-refractivity contribution in [3.63, 3.8) is 0 Å². The zero-order valence-corrected chi connectivity index (χ0v) is 16.9. The van der Waals surface area contributed by atoms with Crippen LogP contribution >= 0.6 is 11.3 Å². The number of hydrogen-bond acceptors (Lipinski definition) is 5. The first-order valence-electron chi connectivity index (χ1n) is 10.4. The maximum atomic E-state index is 12.7. The van der Waals surface area contributed by atoms with Gasteiger partial charge in [0.2, 0.25) is 0 Å². The predicted molar refractivity (Wildman–Crippen MR) is 111 cm³/mol. The summed E-state index contributed by atoms with van der Waals surface area (Å²) in [6.07, 6.45) is 11.3. The van der Waals surface area contributed by atoms with Gasteiger partial charge in [0, 0.05) is 16.4 Å². The van der Waals surface area contributed by atoms with Crippen molar-refractivity contribution >= 4 is 22.4 Å². The van der Waals surface area contributed by atoms with E-state index in [1.165, 1.54) is 50.5 Å². The van der Waals surface area contributed by atoms with Crippen molar-refractivity contribution in [1.29, 1.82) is 0 Å². The Bertz CT molecular complexity index is 1000. The third-order valence-electron chi connectivity index (χ3n) is 7.12. The van der Waals surface area contributed by atoms with Crippen LogP contribution in [-0.4, -0.2) is 25.7 Å². The van der Waals surface area contributed by atoms with Gasteiger partial charge in [0.1, 0.15) is 12.7 Å². The summed E-state index contributed by atoms with van der Waals surface area (Å²) in [4.78, 5) is 21.5. The average molecular weight is 406 g/mol. The predicted octanol–water partition coefficient (Wildman–Crippen LogP) is 4.44. The number of nitrogens with one attached hydrogen (secondary N) is 1. The number of thiazole rings is 1. The zero-order chi connectivity index (χ0) is 19.4. The molecule has 2 aromatic heterocycles. The van der Waals surface area contributed by atoms with Crippen molar-refractivity contribution in [2.24, 2.45) is 17.8 Å². The van der Waals surface area contributed by atoms with Gasteiger partial charge in [-0.3, -0.25) is 10.1 Å². The molecular formula is C22H23N5OS. The number of hydrogen-bond donors (Lipinski definition) is 1. The van der Waals surface area contributed by atoms with E-state index in [0.717, 1.165) is 23.4 Å². The highest BCUT2D eigenvalue weighted by molar-refractivity contribution is 7.14. The number of aromatic nitrogens is 4. The molecule has 7 heteroatoms. The van der Waals surface area contributed by atoms with Gasteiger partial charge in [0.25, 0.3) is 5.91 Å². The molecule has 0 atom stereocenters. The molecule has 29 heavy (non-hydrogen) atoms. The van der Waals surface area contributed by atoms with E-state index in [1.54, 1.807) is 34.5 Å². The molecule has 4 saturated carbocycles. The van der Waals surface area contributed by atoms with Gasteiger partial charge in [0.05, 0.1) is 11.4 Å². The number of rotatable bonds is 4. The van der Waals surface area contributed by atoms with Crippen molar-refractivity contribution in [3.05, 3.63) is 53.6 Å². The van der Waals surface area contributed by atoms with Crippen LogP contribution in [0.1, 0.15) is 54.6 Å². The Labute approximate surface area is 173 Å². The van der Waals surface area contributed by atoms with E-state index in [4.69, 9.17) is 4.98 Å². The smallest absolute Gasteiger partial charge is 0.257 e. The Morgan fingerprint density at radius 1 is 1.07 bits per heavy atom. The second kappa shape index (κ2) is 6.49. The average Bonchev–Trinajstić information content (AvgIpc) is 3.40. The van der Waals surface area contributed by atoms with Crippen LogP contribution in [-0.2, 0) is 5.41 Å². The highest BCUT2D eigenvalue weighted by Gasteiger charge is 2.52. The molecule has 4 bridgehead atoms. The molecule has 0 spiro atoms. The lowest BCUT2D eigenvalue weighted by molar-refractivity contribution is -0.00688. The fraction of sp³-hybridized carbons (Fsp3) is 0.455. The molecule has 1 amide bonds. The molecule has 0 saturated heterocycles. The first kappa shape index (κ1) is 17.3. The van der Waals surface area contributed by atoms with Gasteiger partial charge in [-0.15, -0.1) is 11.3 Å². The first-order chi connectivity index (χ1) is 14.2. The molecule has 0 radical (unpaired) electrons. The summed E-state index contributed by atoms with van der Waals surface area (Å²) in [5.41, 5.74) is 2.98. The van der Waals surface area contributed by atoms with Crippen LogP contribution in [0.25, 0.3) is 5.69 Å². The molecular weight excluding hydrogens is 382 g/mol. The van der Waals surface area contributed by atoms with Crippen LogP contribution in [0.3, 0.4) is 0 Å². The molecule has 0 aliphatic heterocycles. The topological polar surface area (TPSA) is 72.7 Å². The number of anilines is 1.